The first-order valence-corrected chi connectivity index (χ1v) is 3.92. The quantitative estimate of drug-likeness (QED) is 0.657. The summed E-state index contributed by atoms with van der Waals surface area (Å²) in [5, 5.41) is 1.66. The van der Waals surface area contributed by atoms with Crippen molar-refractivity contribution >= 4 is 10.8 Å². The summed E-state index contributed by atoms with van der Waals surface area (Å²) in [7, 11) is 0. The number of rotatable bonds is 0. The van der Waals surface area contributed by atoms with Gasteiger partial charge in [-0.3, -0.25) is 0 Å². The Morgan fingerprint density at radius 3 is 2.62 bits per heavy atom. The lowest BCUT2D eigenvalue weighted by molar-refractivity contribution is 0.640. The lowest BCUT2D eigenvalue weighted by Crippen LogP contribution is -1.79. The highest BCUT2D eigenvalue weighted by Crippen LogP contribution is 2.18. The normalized spacial score (nSPS) is 9.69. The molecule has 0 atom stereocenters. The molecule has 2 heteroatoms. The standard InChI is InChI=1S/C11H9F.H3N/c1-8-5-6-10-9(7-8)3-2-4-11(10)12;/h2-7H,1H3;1H3. The molecule has 68 valence electrons. The van der Waals surface area contributed by atoms with Gasteiger partial charge in [-0.25, -0.2) is 4.39 Å². The van der Waals surface area contributed by atoms with Crippen LogP contribution in [-0.4, -0.2) is 0 Å². The first-order valence-electron chi connectivity index (χ1n) is 3.92. The third-order valence-electron chi connectivity index (χ3n) is 1.98. The van der Waals surface area contributed by atoms with Gasteiger partial charge >= 0.3 is 0 Å². The molecular weight excluding hydrogens is 165 g/mol. The smallest absolute Gasteiger partial charge is 0.131 e. The van der Waals surface area contributed by atoms with Gasteiger partial charge < -0.3 is 6.15 Å². The Labute approximate surface area is 76.8 Å². The zero-order chi connectivity index (χ0) is 8.55. The maximum absolute atomic E-state index is 13.1. The van der Waals surface area contributed by atoms with Crippen LogP contribution in [0.4, 0.5) is 4.39 Å². The summed E-state index contributed by atoms with van der Waals surface area (Å²) in [5.41, 5.74) is 1.16. The minimum absolute atomic E-state index is 0. The highest BCUT2D eigenvalue weighted by molar-refractivity contribution is 5.83. The number of halogens is 1. The van der Waals surface area contributed by atoms with Gasteiger partial charge in [-0.05, 0) is 18.4 Å². The van der Waals surface area contributed by atoms with Crippen LogP contribution in [0.2, 0.25) is 0 Å². The molecule has 0 saturated carbocycles. The lowest BCUT2D eigenvalue weighted by atomic mass is 10.1. The van der Waals surface area contributed by atoms with Gasteiger partial charge in [0.15, 0.2) is 0 Å². The molecule has 3 N–H and O–H groups in total. The van der Waals surface area contributed by atoms with E-state index in [1.165, 1.54) is 6.07 Å². The second kappa shape index (κ2) is 3.54. The number of aryl methyl sites for hydroxylation is 1. The van der Waals surface area contributed by atoms with Crippen LogP contribution in [0.15, 0.2) is 36.4 Å². The molecule has 0 aliphatic carbocycles. The van der Waals surface area contributed by atoms with E-state index in [1.807, 2.05) is 31.2 Å². The van der Waals surface area contributed by atoms with Gasteiger partial charge in [-0.15, -0.1) is 0 Å². The number of fused-ring (bicyclic) bond motifs is 1. The van der Waals surface area contributed by atoms with Crippen molar-refractivity contribution in [1.29, 1.82) is 0 Å². The second-order valence-electron chi connectivity index (χ2n) is 2.96. The van der Waals surface area contributed by atoms with E-state index < -0.39 is 0 Å². The third kappa shape index (κ3) is 1.68. The molecule has 0 radical (unpaired) electrons. The Kier molecular flexibility index (Phi) is 2.63. The summed E-state index contributed by atoms with van der Waals surface area (Å²) in [5.74, 6) is -0.146. The van der Waals surface area contributed by atoms with E-state index >= 15 is 0 Å². The third-order valence-corrected chi connectivity index (χ3v) is 1.98. The maximum Gasteiger partial charge on any atom is 0.131 e. The minimum Gasteiger partial charge on any atom is -0.344 e. The molecule has 2 aromatic rings. The van der Waals surface area contributed by atoms with E-state index in [0.29, 0.717) is 5.39 Å². The topological polar surface area (TPSA) is 35.0 Å². The lowest BCUT2D eigenvalue weighted by Gasteiger charge is -1.99. The van der Waals surface area contributed by atoms with Gasteiger partial charge in [0.1, 0.15) is 5.82 Å². The fourth-order valence-electron chi connectivity index (χ4n) is 1.36. The van der Waals surface area contributed by atoms with Crippen LogP contribution in [0.25, 0.3) is 10.8 Å². The van der Waals surface area contributed by atoms with Gasteiger partial charge in [0.25, 0.3) is 0 Å². The molecule has 0 bridgehead atoms. The average Bonchev–Trinajstić information content (AvgIpc) is 2.04. The molecule has 0 aliphatic heterocycles. The van der Waals surface area contributed by atoms with Crippen molar-refractivity contribution in [3.8, 4) is 0 Å². The monoisotopic (exact) mass is 177 g/mol. The van der Waals surface area contributed by atoms with Crippen LogP contribution < -0.4 is 6.15 Å². The first-order chi connectivity index (χ1) is 5.77. The van der Waals surface area contributed by atoms with Crippen molar-refractivity contribution in [2.45, 2.75) is 6.92 Å². The van der Waals surface area contributed by atoms with Crippen molar-refractivity contribution < 1.29 is 4.39 Å². The van der Waals surface area contributed by atoms with Gasteiger partial charge in [0.05, 0.1) is 0 Å². The first kappa shape index (κ1) is 9.68. The van der Waals surface area contributed by atoms with Crippen LogP contribution in [-0.2, 0) is 0 Å². The zero-order valence-electron chi connectivity index (χ0n) is 7.55. The molecule has 0 amide bonds. The van der Waals surface area contributed by atoms with Crippen molar-refractivity contribution in [2.24, 2.45) is 0 Å². The molecule has 0 heterocycles. The van der Waals surface area contributed by atoms with Crippen molar-refractivity contribution in [1.82, 2.24) is 6.15 Å². The number of hydrogen-bond acceptors (Lipinski definition) is 1. The van der Waals surface area contributed by atoms with Gasteiger partial charge in [0, 0.05) is 5.39 Å². The minimum atomic E-state index is -0.146. The molecule has 2 rings (SSSR count). The van der Waals surface area contributed by atoms with E-state index in [9.17, 15) is 4.39 Å². The van der Waals surface area contributed by atoms with Crippen molar-refractivity contribution in [3.05, 3.63) is 47.8 Å². The van der Waals surface area contributed by atoms with Crippen molar-refractivity contribution in [3.63, 3.8) is 0 Å². The van der Waals surface area contributed by atoms with E-state index in [2.05, 4.69) is 0 Å². The number of hydrogen-bond donors (Lipinski definition) is 1. The zero-order valence-corrected chi connectivity index (χ0v) is 7.55. The average molecular weight is 177 g/mol. The SMILES string of the molecule is Cc1ccc2c(F)cccc2c1.N. The Bertz CT molecular complexity index is 423. The van der Waals surface area contributed by atoms with Crippen LogP contribution in [0.3, 0.4) is 0 Å². The van der Waals surface area contributed by atoms with E-state index in [1.54, 1.807) is 6.07 Å². The summed E-state index contributed by atoms with van der Waals surface area (Å²) in [6.45, 7) is 2.00. The molecule has 0 spiro atoms. The maximum atomic E-state index is 13.1. The molecule has 2 aromatic carbocycles. The predicted molar refractivity (Wildman–Crippen MR) is 53.7 cm³/mol. The summed E-state index contributed by atoms with van der Waals surface area (Å²) < 4.78 is 13.1. The van der Waals surface area contributed by atoms with Crippen LogP contribution in [0, 0.1) is 12.7 Å². The van der Waals surface area contributed by atoms with Crippen LogP contribution in [0.1, 0.15) is 5.56 Å². The van der Waals surface area contributed by atoms with Gasteiger partial charge in [-0.1, -0.05) is 35.9 Å². The van der Waals surface area contributed by atoms with E-state index in [0.717, 1.165) is 10.9 Å². The Morgan fingerprint density at radius 1 is 1.08 bits per heavy atom. The van der Waals surface area contributed by atoms with E-state index in [-0.39, 0.29) is 12.0 Å². The van der Waals surface area contributed by atoms with Gasteiger partial charge in [-0.2, -0.15) is 0 Å². The summed E-state index contributed by atoms with van der Waals surface area (Å²) in [4.78, 5) is 0. The highest BCUT2D eigenvalue weighted by Gasteiger charge is 1.97. The van der Waals surface area contributed by atoms with Crippen LogP contribution >= 0.6 is 0 Å². The number of benzene rings is 2. The Hall–Kier alpha value is -1.41. The molecule has 0 aliphatic rings. The summed E-state index contributed by atoms with van der Waals surface area (Å²) in [6.07, 6.45) is 0. The molecule has 0 unspecified atom stereocenters. The summed E-state index contributed by atoms with van der Waals surface area (Å²) in [6, 6.07) is 10.9. The largest absolute Gasteiger partial charge is 0.344 e. The van der Waals surface area contributed by atoms with Crippen LogP contribution in [0.5, 0.6) is 0 Å². The fraction of sp³-hybridized carbons (Fsp3) is 0.0909. The predicted octanol–water partition coefficient (Wildman–Crippen LogP) is 3.45. The van der Waals surface area contributed by atoms with Gasteiger partial charge in [0.2, 0.25) is 0 Å². The Morgan fingerprint density at radius 2 is 1.85 bits per heavy atom. The molecule has 13 heavy (non-hydrogen) atoms. The van der Waals surface area contributed by atoms with E-state index in [4.69, 9.17) is 0 Å². The van der Waals surface area contributed by atoms with Crippen molar-refractivity contribution in [2.75, 3.05) is 0 Å². The summed E-state index contributed by atoms with van der Waals surface area (Å²) >= 11 is 0. The molecule has 0 aromatic heterocycles. The molecule has 0 fully saturated rings. The Balaban J connectivity index is 0.000000845. The molecule has 1 nitrogen and oxygen atoms in total. The highest BCUT2D eigenvalue weighted by atomic mass is 19.1. The molecular formula is C11H12FN. The second-order valence-corrected chi connectivity index (χ2v) is 2.96. The fourth-order valence-corrected chi connectivity index (χ4v) is 1.36. The molecule has 0 saturated heterocycles.